The van der Waals surface area contributed by atoms with Crippen molar-refractivity contribution in [1.82, 2.24) is 19.5 Å². The van der Waals surface area contributed by atoms with Crippen molar-refractivity contribution in [2.45, 2.75) is 13.0 Å². The molecule has 0 saturated carbocycles. The van der Waals surface area contributed by atoms with Crippen molar-refractivity contribution in [3.05, 3.63) is 76.8 Å². The number of methoxy groups -OCH3 is 1. The number of aromatic nitrogens is 4. The molecule has 4 aromatic rings. The molecule has 0 unspecified atom stereocenters. The Labute approximate surface area is 150 Å². The molecule has 4 rings (SSSR count). The Bertz CT molecular complexity index is 1120. The summed E-state index contributed by atoms with van der Waals surface area (Å²) in [5.74, 6) is 0.744. The van der Waals surface area contributed by atoms with Gasteiger partial charge in [0.1, 0.15) is 5.75 Å². The minimum absolute atomic E-state index is 0.160. The van der Waals surface area contributed by atoms with Gasteiger partial charge in [-0.15, -0.1) is 0 Å². The first kappa shape index (κ1) is 16.1. The molecule has 0 radical (unpaired) electrons. The van der Waals surface area contributed by atoms with E-state index in [2.05, 4.69) is 9.97 Å². The Morgan fingerprint density at radius 3 is 2.69 bits per heavy atom. The average molecular weight is 346 g/mol. The molecule has 0 spiro atoms. The van der Waals surface area contributed by atoms with Crippen molar-refractivity contribution in [2.75, 3.05) is 7.11 Å². The standard InChI is InChI=1S/C20H18N4O2/c1-13(14-7-4-3-5-8-14)24-19-18(23-20(24)25)21-12-17(22-19)15-9-6-10-16(11-15)26-2/h3-13H,1-2H3,(H,21,23,25)/t13-/m1/s1. The van der Waals surface area contributed by atoms with Crippen LogP contribution in [0.25, 0.3) is 22.6 Å². The van der Waals surface area contributed by atoms with Crippen molar-refractivity contribution < 1.29 is 4.74 Å². The Morgan fingerprint density at radius 2 is 1.92 bits per heavy atom. The van der Waals surface area contributed by atoms with E-state index >= 15 is 0 Å². The molecule has 2 aromatic carbocycles. The molecular formula is C20H18N4O2. The highest BCUT2D eigenvalue weighted by molar-refractivity contribution is 5.71. The molecule has 130 valence electrons. The lowest BCUT2D eigenvalue weighted by atomic mass is 10.1. The monoisotopic (exact) mass is 346 g/mol. The second-order valence-corrected chi connectivity index (χ2v) is 6.05. The second kappa shape index (κ2) is 6.48. The predicted octanol–water partition coefficient (Wildman–Crippen LogP) is 3.40. The van der Waals surface area contributed by atoms with Crippen LogP contribution < -0.4 is 10.4 Å². The molecule has 0 fully saturated rings. The molecule has 26 heavy (non-hydrogen) atoms. The summed E-state index contributed by atoms with van der Waals surface area (Å²) in [6.07, 6.45) is 1.66. The van der Waals surface area contributed by atoms with Crippen molar-refractivity contribution in [1.29, 1.82) is 0 Å². The zero-order valence-electron chi connectivity index (χ0n) is 14.5. The summed E-state index contributed by atoms with van der Waals surface area (Å²) in [6.45, 7) is 1.98. The first-order valence-corrected chi connectivity index (χ1v) is 8.34. The third-order valence-corrected chi connectivity index (χ3v) is 4.46. The van der Waals surface area contributed by atoms with Gasteiger partial charge in [-0.1, -0.05) is 42.5 Å². The van der Waals surface area contributed by atoms with Crippen LogP contribution in [-0.2, 0) is 0 Å². The topological polar surface area (TPSA) is 72.8 Å². The lowest BCUT2D eigenvalue weighted by molar-refractivity contribution is 0.415. The number of H-pyrrole nitrogens is 1. The molecule has 2 heterocycles. The highest BCUT2D eigenvalue weighted by atomic mass is 16.5. The number of benzene rings is 2. The maximum Gasteiger partial charge on any atom is 0.329 e. The SMILES string of the molecule is COc1cccc(-c2cnc3[nH]c(=O)n([C@H](C)c4ccccc4)c3n2)c1. The van der Waals surface area contributed by atoms with Gasteiger partial charge < -0.3 is 4.74 Å². The van der Waals surface area contributed by atoms with E-state index in [1.807, 2.05) is 61.5 Å². The summed E-state index contributed by atoms with van der Waals surface area (Å²) in [6, 6.07) is 17.3. The van der Waals surface area contributed by atoms with Crippen LogP contribution in [0.2, 0.25) is 0 Å². The van der Waals surface area contributed by atoms with Crippen LogP contribution in [0.4, 0.5) is 0 Å². The zero-order valence-corrected chi connectivity index (χ0v) is 14.5. The zero-order chi connectivity index (χ0) is 18.1. The van der Waals surface area contributed by atoms with Crippen LogP contribution >= 0.6 is 0 Å². The Kier molecular flexibility index (Phi) is 4.01. The minimum atomic E-state index is -0.223. The van der Waals surface area contributed by atoms with Crippen molar-refractivity contribution in [2.24, 2.45) is 0 Å². The number of rotatable bonds is 4. The fraction of sp³-hybridized carbons (Fsp3) is 0.150. The average Bonchev–Trinajstić information content (AvgIpc) is 3.03. The van der Waals surface area contributed by atoms with E-state index in [-0.39, 0.29) is 11.7 Å². The first-order valence-electron chi connectivity index (χ1n) is 8.34. The maximum absolute atomic E-state index is 12.5. The highest BCUT2D eigenvalue weighted by Gasteiger charge is 2.17. The number of nitrogens with one attached hydrogen (secondary N) is 1. The van der Waals surface area contributed by atoms with Crippen LogP contribution in [0.5, 0.6) is 5.75 Å². The minimum Gasteiger partial charge on any atom is -0.497 e. The van der Waals surface area contributed by atoms with E-state index in [1.165, 1.54) is 0 Å². The molecule has 0 bridgehead atoms. The van der Waals surface area contributed by atoms with Gasteiger partial charge in [0.15, 0.2) is 11.3 Å². The van der Waals surface area contributed by atoms with Gasteiger partial charge in [0.05, 0.1) is 25.0 Å². The molecule has 0 saturated heterocycles. The van der Waals surface area contributed by atoms with Crippen molar-refractivity contribution in [3.63, 3.8) is 0 Å². The van der Waals surface area contributed by atoms with Crippen molar-refractivity contribution in [3.8, 4) is 17.0 Å². The van der Waals surface area contributed by atoms with E-state index in [4.69, 9.17) is 9.72 Å². The molecule has 0 aliphatic heterocycles. The van der Waals surface area contributed by atoms with E-state index in [1.54, 1.807) is 17.9 Å². The fourth-order valence-electron chi connectivity index (χ4n) is 3.05. The summed E-state index contributed by atoms with van der Waals surface area (Å²) in [7, 11) is 1.62. The highest BCUT2D eigenvalue weighted by Crippen LogP contribution is 2.24. The number of ether oxygens (including phenoxy) is 1. The summed E-state index contributed by atoms with van der Waals surface area (Å²) in [5, 5.41) is 0. The van der Waals surface area contributed by atoms with Crippen LogP contribution in [0, 0.1) is 0 Å². The van der Waals surface area contributed by atoms with Gasteiger partial charge in [0, 0.05) is 5.56 Å². The van der Waals surface area contributed by atoms with Gasteiger partial charge in [0.25, 0.3) is 0 Å². The fourth-order valence-corrected chi connectivity index (χ4v) is 3.05. The summed E-state index contributed by atoms with van der Waals surface area (Å²) in [5.41, 5.74) is 3.38. The lowest BCUT2D eigenvalue weighted by Crippen LogP contribution is -2.21. The second-order valence-electron chi connectivity index (χ2n) is 6.05. The summed E-state index contributed by atoms with van der Waals surface area (Å²) >= 11 is 0. The van der Waals surface area contributed by atoms with Gasteiger partial charge in [-0.2, -0.15) is 0 Å². The van der Waals surface area contributed by atoms with Crippen LogP contribution in [0.1, 0.15) is 18.5 Å². The van der Waals surface area contributed by atoms with E-state index in [0.29, 0.717) is 17.0 Å². The number of aromatic amines is 1. The first-order chi connectivity index (χ1) is 12.7. The Balaban J connectivity index is 1.86. The van der Waals surface area contributed by atoms with Gasteiger partial charge in [-0.3, -0.25) is 9.55 Å². The molecule has 1 atom stereocenters. The van der Waals surface area contributed by atoms with E-state index < -0.39 is 0 Å². The van der Waals surface area contributed by atoms with Gasteiger partial charge in [-0.25, -0.2) is 14.8 Å². The maximum atomic E-state index is 12.5. The van der Waals surface area contributed by atoms with E-state index in [9.17, 15) is 4.79 Å². The van der Waals surface area contributed by atoms with Crippen molar-refractivity contribution >= 4 is 11.3 Å². The summed E-state index contributed by atoms with van der Waals surface area (Å²) < 4.78 is 6.92. The van der Waals surface area contributed by atoms with Crippen LogP contribution in [0.15, 0.2) is 65.6 Å². The quantitative estimate of drug-likeness (QED) is 0.615. The number of hydrogen-bond acceptors (Lipinski definition) is 4. The van der Waals surface area contributed by atoms with Gasteiger partial charge >= 0.3 is 5.69 Å². The molecule has 0 amide bonds. The largest absolute Gasteiger partial charge is 0.497 e. The van der Waals surface area contributed by atoms with Crippen LogP contribution in [-0.4, -0.2) is 26.6 Å². The lowest BCUT2D eigenvalue weighted by Gasteiger charge is -2.13. The summed E-state index contributed by atoms with van der Waals surface area (Å²) in [4.78, 5) is 24.4. The predicted molar refractivity (Wildman–Crippen MR) is 100 cm³/mol. The molecule has 6 heteroatoms. The molecule has 0 aliphatic carbocycles. The number of nitrogens with zero attached hydrogens (tertiary/aromatic N) is 3. The normalized spacial score (nSPS) is 12.2. The number of imidazole rings is 1. The molecule has 1 N–H and O–H groups in total. The molecular weight excluding hydrogens is 328 g/mol. The van der Waals surface area contributed by atoms with Gasteiger partial charge in [-0.05, 0) is 24.6 Å². The Morgan fingerprint density at radius 1 is 1.12 bits per heavy atom. The molecule has 2 aromatic heterocycles. The third-order valence-electron chi connectivity index (χ3n) is 4.46. The third kappa shape index (κ3) is 2.75. The Hall–Kier alpha value is -3.41. The van der Waals surface area contributed by atoms with E-state index in [0.717, 1.165) is 16.9 Å². The number of hydrogen-bond donors (Lipinski definition) is 1. The van der Waals surface area contributed by atoms with Gasteiger partial charge in [0.2, 0.25) is 0 Å². The smallest absolute Gasteiger partial charge is 0.329 e. The molecule has 6 nitrogen and oxygen atoms in total. The molecule has 0 aliphatic rings. The number of fused-ring (bicyclic) bond motifs is 1. The van der Waals surface area contributed by atoms with Crippen LogP contribution in [0.3, 0.4) is 0 Å².